The molecule has 9 aromatic rings. The van der Waals surface area contributed by atoms with Gasteiger partial charge in [0, 0.05) is 78.9 Å². The smallest absolute Gasteiger partial charge is 0.278 e. The fraction of sp³-hybridized carbons (Fsp3) is 0.312. The van der Waals surface area contributed by atoms with Gasteiger partial charge in [-0.3, -0.25) is 62.4 Å². The van der Waals surface area contributed by atoms with Crippen molar-refractivity contribution in [1.29, 1.82) is 0 Å². The normalized spacial score (nSPS) is 13.3. The minimum atomic E-state index is -0.643. The maximum atomic E-state index is 13.7. The number of hydrogen-bond donors (Lipinski definition) is 4. The summed E-state index contributed by atoms with van der Waals surface area (Å²) < 4.78 is 23.1. The molecular weight excluding hydrogens is 1320 g/mol. The number of carbonyl (C=O) groups excluding carboxylic acids is 4. The van der Waals surface area contributed by atoms with Crippen LogP contribution in [0.1, 0.15) is 167 Å². The van der Waals surface area contributed by atoms with E-state index in [1.807, 2.05) is 246 Å². The van der Waals surface area contributed by atoms with Gasteiger partial charge in [-0.25, -0.2) is 4.68 Å². The average molecular weight is 1420 g/mol. The molecular formula is C80H94N12O12. The fourth-order valence-electron chi connectivity index (χ4n) is 12.1. The lowest BCUT2D eigenvalue weighted by atomic mass is 10.0. The Morgan fingerprint density at radius 2 is 0.769 bits per heavy atom. The monoisotopic (exact) mass is 1410 g/mol. The van der Waals surface area contributed by atoms with Gasteiger partial charge in [0.2, 0.25) is 21.7 Å². The van der Waals surface area contributed by atoms with Crippen LogP contribution in [0.2, 0.25) is 0 Å². The van der Waals surface area contributed by atoms with Crippen molar-refractivity contribution in [2.75, 3.05) is 15.9 Å². The van der Waals surface area contributed by atoms with Crippen LogP contribution < -0.4 is 62.4 Å². The summed E-state index contributed by atoms with van der Waals surface area (Å²) in [6.07, 6.45) is 6.04. The molecule has 2 aliphatic rings. The number of rotatable bonds is 20. The second-order valence-corrected chi connectivity index (χ2v) is 27.1. The Bertz CT molecular complexity index is 4720. The van der Waals surface area contributed by atoms with Crippen LogP contribution in [-0.2, 0) is 32.9 Å². The van der Waals surface area contributed by atoms with Crippen LogP contribution in [0.15, 0.2) is 225 Å². The second-order valence-electron chi connectivity index (χ2n) is 27.1. The number of aromatic nitrogens is 4. The van der Waals surface area contributed by atoms with Crippen LogP contribution in [0.25, 0.3) is 0 Å². The third-order valence-corrected chi connectivity index (χ3v) is 16.7. The molecule has 0 aliphatic carbocycles. The second kappa shape index (κ2) is 34.6. The van der Waals surface area contributed by atoms with Gasteiger partial charge in [0.05, 0.1) is 13.1 Å². The zero-order chi connectivity index (χ0) is 75.7. The van der Waals surface area contributed by atoms with Gasteiger partial charge in [-0.15, -0.1) is 0 Å². The topological polar surface area (TPSA) is 280 Å². The number of benzene rings is 5. The first-order chi connectivity index (χ1) is 49.4. The molecule has 24 heteroatoms. The molecule has 2 aliphatic heterocycles. The first-order valence-electron chi connectivity index (χ1n) is 34.3. The standard InChI is InChI=1S/C26H29N3O3.2C19H23N3O3.C16H19N3O3/c1-19(2)29-25(31)23-24(32-18-21-13-9-6-10-14-21)22(30)15-16-27(23)28(26(29,3)4)17-20-11-7-5-8-12-20;1-13(2)22-18(25)16-17(24)15(23)10-11-20(16)21(19(22,3)4)12-14-8-6-5-7-9-14;1-13(2)20-19(24)17-18(25-12-15-8-6-5-7-9-15)16(23)10-11-22(17)21-14(3)4;1-11(2)18-16(21)14-15(13(20)8-9-19(14)17)22-10-12-6-4-3-5-7-12/h5-16,19H,17-18H2,1-4H3;5-11,13,24H,12H2,1-4H3;5-11,13H,12H2,1-4H3,(H,20,24);3-9,11H,10,17H2,1-2H3,(H,18,21). The summed E-state index contributed by atoms with van der Waals surface area (Å²) in [6.45, 7) is 28.5. The first-order valence-corrected chi connectivity index (χ1v) is 34.3. The molecule has 0 saturated carbocycles. The van der Waals surface area contributed by atoms with Crippen molar-refractivity contribution < 1.29 is 38.5 Å². The Morgan fingerprint density at radius 1 is 0.442 bits per heavy atom. The molecule has 104 heavy (non-hydrogen) atoms. The molecule has 4 aromatic heterocycles. The highest BCUT2D eigenvalue weighted by molar-refractivity contribution is 5.98. The van der Waals surface area contributed by atoms with E-state index >= 15 is 0 Å². The summed E-state index contributed by atoms with van der Waals surface area (Å²) in [5.74, 6) is 3.89. The molecule has 0 bridgehead atoms. The zero-order valence-electron chi connectivity index (χ0n) is 61.4. The van der Waals surface area contributed by atoms with Crippen LogP contribution in [-0.4, -0.2) is 98.4 Å². The summed E-state index contributed by atoms with van der Waals surface area (Å²) >= 11 is 0. The largest absolute Gasteiger partial charge is 0.502 e. The van der Waals surface area contributed by atoms with Crippen LogP contribution in [0, 0.1) is 0 Å². The Labute approximate surface area is 605 Å². The Morgan fingerprint density at radius 3 is 1.16 bits per heavy atom. The van der Waals surface area contributed by atoms with E-state index in [0.29, 0.717) is 13.1 Å². The van der Waals surface area contributed by atoms with Gasteiger partial charge in [0.1, 0.15) is 31.1 Å². The Balaban J connectivity index is 0.000000177. The summed E-state index contributed by atoms with van der Waals surface area (Å²) in [5.41, 5.74) is 3.17. The van der Waals surface area contributed by atoms with E-state index < -0.39 is 34.3 Å². The predicted octanol–water partition coefficient (Wildman–Crippen LogP) is 10.5. The molecule has 4 amide bonds. The molecule has 0 spiro atoms. The molecule has 24 nitrogen and oxygen atoms in total. The van der Waals surface area contributed by atoms with Gasteiger partial charge in [0.15, 0.2) is 45.8 Å². The number of amides is 4. The van der Waals surface area contributed by atoms with E-state index in [1.165, 1.54) is 41.3 Å². The zero-order valence-corrected chi connectivity index (χ0v) is 61.4. The number of aromatic hydroxyl groups is 1. The molecule has 0 radical (unpaired) electrons. The number of nitrogens with zero attached hydrogens (tertiary/aromatic N) is 9. The molecule has 0 fully saturated rings. The number of nitrogens with two attached hydrogens (primary N) is 1. The predicted molar refractivity (Wildman–Crippen MR) is 404 cm³/mol. The lowest BCUT2D eigenvalue weighted by Gasteiger charge is -2.54. The first kappa shape index (κ1) is 77.8. The van der Waals surface area contributed by atoms with Crippen LogP contribution in [0.4, 0.5) is 0 Å². The number of nitrogen functional groups attached to an aromatic ring is 1. The van der Waals surface area contributed by atoms with Crippen LogP contribution in [0.3, 0.4) is 0 Å². The summed E-state index contributed by atoms with van der Waals surface area (Å²) in [7, 11) is 0. The van der Waals surface area contributed by atoms with Crippen molar-refractivity contribution in [3.63, 3.8) is 0 Å². The molecule has 0 unspecified atom stereocenters. The average Bonchev–Trinajstić information content (AvgIpc) is 0.732. The van der Waals surface area contributed by atoms with Gasteiger partial charge < -0.3 is 45.6 Å². The fourth-order valence-corrected chi connectivity index (χ4v) is 12.1. The van der Waals surface area contributed by atoms with Crippen LogP contribution >= 0.6 is 0 Å². The van der Waals surface area contributed by atoms with Crippen molar-refractivity contribution in [2.24, 2.45) is 5.10 Å². The summed E-state index contributed by atoms with van der Waals surface area (Å²) in [4.78, 5) is 104. The molecule has 11 rings (SSSR count). The third-order valence-electron chi connectivity index (χ3n) is 16.7. The quantitative estimate of drug-likeness (QED) is 0.0408. The number of pyridine rings is 4. The highest BCUT2D eigenvalue weighted by atomic mass is 16.5. The van der Waals surface area contributed by atoms with Crippen molar-refractivity contribution in [3.05, 3.63) is 292 Å². The van der Waals surface area contributed by atoms with Crippen molar-refractivity contribution in [1.82, 2.24) is 39.1 Å². The third kappa shape index (κ3) is 18.8. The maximum Gasteiger partial charge on any atom is 0.278 e. The number of hydrogen-bond acceptors (Lipinski definition) is 16. The number of nitrogens with one attached hydrogen (secondary N) is 2. The highest BCUT2D eigenvalue weighted by Gasteiger charge is 2.48. The van der Waals surface area contributed by atoms with Gasteiger partial charge in [-0.05, 0) is 125 Å². The van der Waals surface area contributed by atoms with Crippen LogP contribution in [0.5, 0.6) is 23.0 Å². The van der Waals surface area contributed by atoms with E-state index in [2.05, 4.69) is 32.9 Å². The maximum absolute atomic E-state index is 13.7. The Kier molecular flexibility index (Phi) is 25.9. The molecule has 6 heterocycles. The number of ether oxygens (including phenoxy) is 3. The van der Waals surface area contributed by atoms with Crippen molar-refractivity contribution >= 4 is 29.3 Å². The van der Waals surface area contributed by atoms with Gasteiger partial charge in [-0.2, -0.15) is 5.10 Å². The molecule has 546 valence electrons. The van der Waals surface area contributed by atoms with Crippen molar-refractivity contribution in [2.45, 2.75) is 165 Å². The molecule has 0 atom stereocenters. The molecule has 5 aromatic carbocycles. The van der Waals surface area contributed by atoms with Gasteiger partial charge in [0.25, 0.3) is 23.6 Å². The van der Waals surface area contributed by atoms with E-state index in [1.54, 1.807) is 26.6 Å². The van der Waals surface area contributed by atoms with E-state index in [4.69, 9.17) is 20.1 Å². The van der Waals surface area contributed by atoms with Gasteiger partial charge in [-0.1, -0.05) is 152 Å². The summed E-state index contributed by atoms with van der Waals surface area (Å²) in [5, 5.41) is 24.1. The number of fused-ring (bicyclic) bond motifs is 2. The lowest BCUT2D eigenvalue weighted by Crippen LogP contribution is -2.68. The minimum absolute atomic E-state index is 0.00509. The lowest BCUT2D eigenvalue weighted by molar-refractivity contribution is 0.0235. The SMILES string of the molecule is CC(C)=Nn1ccc(=O)c(OCc2ccccc2)c1C(=O)NC(C)C.CC(C)N1C(=O)c2c(O)c(=O)ccn2N(Cc2ccccc2)C1(C)C.CC(C)N1C(=O)c2c(OCc3ccccc3)c(=O)ccn2N(Cc2ccccc2)C1(C)C.CC(C)NC(=O)c1c(OCc2ccccc2)c(=O)ccn1N. The van der Waals surface area contributed by atoms with E-state index in [0.717, 1.165) is 38.2 Å². The molecule has 0 saturated heterocycles. The number of carbonyl (C=O) groups is 4. The molecule has 5 N–H and O–H groups in total. The van der Waals surface area contributed by atoms with E-state index in [9.17, 15) is 43.5 Å². The highest BCUT2D eigenvalue weighted by Crippen LogP contribution is 2.35. The van der Waals surface area contributed by atoms with E-state index in [-0.39, 0.29) is 112 Å². The Hall–Kier alpha value is -12.0. The van der Waals surface area contributed by atoms with Crippen molar-refractivity contribution in [3.8, 4) is 23.0 Å². The summed E-state index contributed by atoms with van der Waals surface area (Å²) in [6, 6.07) is 53.5. The minimum Gasteiger partial charge on any atom is -0.502 e. The van der Waals surface area contributed by atoms with Gasteiger partial charge >= 0.3 is 0 Å².